The van der Waals surface area contributed by atoms with Gasteiger partial charge in [-0.25, -0.2) is 4.79 Å². The van der Waals surface area contributed by atoms with E-state index in [4.69, 9.17) is 9.47 Å². The molecule has 2 N–H and O–H groups in total. The molecule has 1 aliphatic carbocycles. The molecule has 1 saturated heterocycles. The molecule has 2 aliphatic rings. The quantitative estimate of drug-likeness (QED) is 0.727. The van der Waals surface area contributed by atoms with Gasteiger partial charge in [0, 0.05) is 25.9 Å². The molecule has 1 heterocycles. The van der Waals surface area contributed by atoms with E-state index in [0.29, 0.717) is 13.2 Å². The van der Waals surface area contributed by atoms with Crippen LogP contribution >= 0.6 is 0 Å². The fourth-order valence-electron chi connectivity index (χ4n) is 2.74. The molecule has 1 spiro atoms. The fourth-order valence-corrected chi connectivity index (χ4v) is 2.74. The monoisotopic (exact) mass is 270 g/mol. The number of urea groups is 1. The second-order valence-electron chi connectivity index (χ2n) is 5.51. The zero-order valence-electron chi connectivity index (χ0n) is 11.9. The summed E-state index contributed by atoms with van der Waals surface area (Å²) in [6.07, 6.45) is 7.70. The number of amides is 2. The van der Waals surface area contributed by atoms with Crippen LogP contribution in [0.25, 0.3) is 0 Å². The summed E-state index contributed by atoms with van der Waals surface area (Å²) in [6.45, 7) is 4.01. The predicted molar refractivity (Wildman–Crippen MR) is 73.0 cm³/mol. The molecular formula is C14H26N2O3. The van der Waals surface area contributed by atoms with E-state index in [-0.39, 0.29) is 17.9 Å². The molecule has 0 unspecified atom stereocenters. The second kappa shape index (κ2) is 7.10. The zero-order chi connectivity index (χ0) is 13.6. The molecule has 0 bridgehead atoms. The maximum Gasteiger partial charge on any atom is 0.314 e. The van der Waals surface area contributed by atoms with Crippen LogP contribution in [0.4, 0.5) is 4.79 Å². The molecule has 2 rings (SSSR count). The number of hydrogen-bond acceptors (Lipinski definition) is 3. The summed E-state index contributed by atoms with van der Waals surface area (Å²) in [4.78, 5) is 11.6. The topological polar surface area (TPSA) is 59.6 Å². The maximum atomic E-state index is 11.6. The van der Waals surface area contributed by atoms with Gasteiger partial charge < -0.3 is 20.1 Å². The minimum absolute atomic E-state index is 0.000471. The smallest absolute Gasteiger partial charge is 0.314 e. The van der Waals surface area contributed by atoms with Gasteiger partial charge in [-0.3, -0.25) is 0 Å². The standard InChI is InChI=1S/C14H26N2O3/c1-2-3-6-9-15-13(17)16-10-12-11-18-14(19-12)7-4-5-8-14/h12H,2-11H2,1H3,(H2,15,16,17)/t12-/m0/s1. The Morgan fingerprint density at radius 2 is 2.05 bits per heavy atom. The highest BCUT2D eigenvalue weighted by atomic mass is 16.7. The first kappa shape index (κ1) is 14.6. The summed E-state index contributed by atoms with van der Waals surface area (Å²) in [5, 5.41) is 5.71. The number of rotatable bonds is 6. The number of ether oxygens (including phenoxy) is 2. The summed E-state index contributed by atoms with van der Waals surface area (Å²) < 4.78 is 11.7. The van der Waals surface area contributed by atoms with Gasteiger partial charge in [0.15, 0.2) is 5.79 Å². The Balaban J connectivity index is 1.57. The van der Waals surface area contributed by atoms with Gasteiger partial charge in [0.25, 0.3) is 0 Å². The van der Waals surface area contributed by atoms with E-state index < -0.39 is 0 Å². The molecule has 2 fully saturated rings. The van der Waals surface area contributed by atoms with Crippen LogP contribution in [0.15, 0.2) is 0 Å². The number of nitrogens with one attached hydrogen (secondary N) is 2. The average Bonchev–Trinajstić information content (AvgIpc) is 3.03. The van der Waals surface area contributed by atoms with Gasteiger partial charge in [-0.2, -0.15) is 0 Å². The lowest BCUT2D eigenvalue weighted by Crippen LogP contribution is -2.41. The van der Waals surface area contributed by atoms with Crippen molar-refractivity contribution in [3.8, 4) is 0 Å². The first-order chi connectivity index (χ1) is 9.24. The van der Waals surface area contributed by atoms with Crippen molar-refractivity contribution in [1.29, 1.82) is 0 Å². The molecule has 0 aromatic carbocycles. The van der Waals surface area contributed by atoms with E-state index in [1.165, 1.54) is 19.3 Å². The van der Waals surface area contributed by atoms with E-state index in [9.17, 15) is 4.79 Å². The largest absolute Gasteiger partial charge is 0.347 e. The summed E-state index contributed by atoms with van der Waals surface area (Å²) in [6, 6.07) is -0.105. The van der Waals surface area contributed by atoms with Crippen molar-refractivity contribution >= 4 is 6.03 Å². The van der Waals surface area contributed by atoms with Crippen molar-refractivity contribution in [3.63, 3.8) is 0 Å². The van der Waals surface area contributed by atoms with Gasteiger partial charge in [0.2, 0.25) is 0 Å². The summed E-state index contributed by atoms with van der Waals surface area (Å²) >= 11 is 0. The van der Waals surface area contributed by atoms with Crippen LogP contribution in [0.2, 0.25) is 0 Å². The van der Waals surface area contributed by atoms with E-state index in [1.807, 2.05) is 0 Å². The third-order valence-corrected chi connectivity index (χ3v) is 3.84. The minimum atomic E-state index is -0.329. The molecule has 5 heteroatoms. The molecule has 0 radical (unpaired) electrons. The molecule has 2 amide bonds. The normalized spacial score (nSPS) is 24.8. The molecule has 0 aromatic heterocycles. The maximum absolute atomic E-state index is 11.6. The summed E-state index contributed by atoms with van der Waals surface area (Å²) in [5.41, 5.74) is 0. The average molecular weight is 270 g/mol. The highest BCUT2D eigenvalue weighted by Crippen LogP contribution is 2.38. The van der Waals surface area contributed by atoms with Crippen molar-refractivity contribution in [2.75, 3.05) is 19.7 Å². The molecule has 1 atom stereocenters. The molecular weight excluding hydrogens is 244 g/mol. The van der Waals surface area contributed by atoms with Gasteiger partial charge in [-0.15, -0.1) is 0 Å². The molecule has 110 valence electrons. The molecule has 5 nitrogen and oxygen atoms in total. The Morgan fingerprint density at radius 3 is 2.79 bits per heavy atom. The molecule has 1 saturated carbocycles. The van der Waals surface area contributed by atoms with Crippen LogP contribution in [0, 0.1) is 0 Å². The minimum Gasteiger partial charge on any atom is -0.347 e. The number of unbranched alkanes of at least 4 members (excludes halogenated alkanes) is 2. The summed E-state index contributed by atoms with van der Waals surface area (Å²) in [5.74, 6) is -0.329. The predicted octanol–water partition coefficient (Wildman–Crippen LogP) is 2.16. The van der Waals surface area contributed by atoms with Gasteiger partial charge in [-0.1, -0.05) is 19.8 Å². The molecule has 1 aliphatic heterocycles. The highest BCUT2D eigenvalue weighted by Gasteiger charge is 2.43. The van der Waals surface area contributed by atoms with Crippen LogP contribution in [0.5, 0.6) is 0 Å². The lowest BCUT2D eigenvalue weighted by atomic mass is 10.2. The second-order valence-corrected chi connectivity index (χ2v) is 5.51. The van der Waals surface area contributed by atoms with Gasteiger partial charge in [-0.05, 0) is 19.3 Å². The van der Waals surface area contributed by atoms with Gasteiger partial charge in [0.05, 0.1) is 6.61 Å². The van der Waals surface area contributed by atoms with E-state index in [1.54, 1.807) is 0 Å². The van der Waals surface area contributed by atoms with Crippen LogP contribution in [-0.4, -0.2) is 37.6 Å². The Morgan fingerprint density at radius 1 is 1.26 bits per heavy atom. The van der Waals surface area contributed by atoms with Crippen LogP contribution < -0.4 is 10.6 Å². The first-order valence-corrected chi connectivity index (χ1v) is 7.57. The van der Waals surface area contributed by atoms with Crippen molar-refractivity contribution in [2.24, 2.45) is 0 Å². The Bertz CT molecular complexity index is 290. The lowest BCUT2D eigenvalue weighted by molar-refractivity contribution is -0.160. The number of carbonyl (C=O) groups is 1. The van der Waals surface area contributed by atoms with Crippen molar-refractivity contribution in [3.05, 3.63) is 0 Å². The van der Waals surface area contributed by atoms with Gasteiger partial charge in [0.1, 0.15) is 6.10 Å². The van der Waals surface area contributed by atoms with E-state index >= 15 is 0 Å². The Labute approximate surface area is 115 Å². The molecule has 0 aromatic rings. The van der Waals surface area contributed by atoms with Crippen molar-refractivity contribution < 1.29 is 14.3 Å². The Kier molecular flexibility index (Phi) is 5.45. The van der Waals surface area contributed by atoms with E-state index in [2.05, 4.69) is 17.6 Å². The summed E-state index contributed by atoms with van der Waals surface area (Å²) in [7, 11) is 0. The lowest BCUT2D eigenvalue weighted by Gasteiger charge is -2.21. The van der Waals surface area contributed by atoms with Crippen LogP contribution in [0.3, 0.4) is 0 Å². The van der Waals surface area contributed by atoms with Gasteiger partial charge >= 0.3 is 6.03 Å². The van der Waals surface area contributed by atoms with E-state index in [0.717, 1.165) is 32.2 Å². The van der Waals surface area contributed by atoms with Crippen molar-refractivity contribution in [1.82, 2.24) is 10.6 Å². The van der Waals surface area contributed by atoms with Crippen LogP contribution in [-0.2, 0) is 9.47 Å². The van der Waals surface area contributed by atoms with Crippen molar-refractivity contribution in [2.45, 2.75) is 63.8 Å². The van der Waals surface area contributed by atoms with Crippen LogP contribution in [0.1, 0.15) is 51.9 Å². The third-order valence-electron chi connectivity index (χ3n) is 3.84. The molecule has 19 heavy (non-hydrogen) atoms. The third kappa shape index (κ3) is 4.35. The number of hydrogen-bond donors (Lipinski definition) is 2. The first-order valence-electron chi connectivity index (χ1n) is 7.57. The SMILES string of the molecule is CCCCCNC(=O)NC[C@H]1COC2(CCCC2)O1. The Hall–Kier alpha value is -0.810. The number of carbonyl (C=O) groups excluding carboxylic acids is 1. The zero-order valence-corrected chi connectivity index (χ0v) is 11.9. The highest BCUT2D eigenvalue weighted by molar-refractivity contribution is 5.73. The fraction of sp³-hybridized carbons (Fsp3) is 0.929.